The number of anilines is 1. The summed E-state index contributed by atoms with van der Waals surface area (Å²) < 4.78 is 12.8. The van der Waals surface area contributed by atoms with Crippen LogP contribution < -0.4 is 17.0 Å². The lowest BCUT2D eigenvalue weighted by molar-refractivity contribution is 0.0950. The summed E-state index contributed by atoms with van der Waals surface area (Å²) in [6.07, 6.45) is 0. The molecule has 17 heavy (non-hydrogen) atoms. The van der Waals surface area contributed by atoms with E-state index in [1.807, 2.05) is 5.43 Å². The van der Waals surface area contributed by atoms with Crippen molar-refractivity contribution in [2.75, 3.05) is 5.73 Å². The van der Waals surface area contributed by atoms with Crippen molar-refractivity contribution >= 4 is 22.4 Å². The number of rotatable bonds is 2. The molecule has 0 saturated heterocycles. The first-order chi connectivity index (χ1) is 8.11. The van der Waals surface area contributed by atoms with Gasteiger partial charge in [-0.2, -0.15) is 0 Å². The molecule has 1 heterocycles. The highest BCUT2D eigenvalue weighted by Crippen LogP contribution is 2.31. The van der Waals surface area contributed by atoms with Crippen molar-refractivity contribution in [3.63, 3.8) is 0 Å². The molecule has 0 aliphatic carbocycles. The molecule has 0 aliphatic rings. The van der Waals surface area contributed by atoms with Crippen molar-refractivity contribution in [2.24, 2.45) is 5.84 Å². The average molecular weight is 252 g/mol. The predicted octanol–water partition coefficient (Wildman–Crippen LogP) is 1.13. The first-order valence-electron chi connectivity index (χ1n) is 4.65. The summed E-state index contributed by atoms with van der Waals surface area (Å²) in [5.41, 5.74) is 8.35. The van der Waals surface area contributed by atoms with E-state index in [4.69, 9.17) is 11.6 Å². The van der Waals surface area contributed by atoms with E-state index in [9.17, 15) is 9.18 Å². The fraction of sp³-hybridized carbons (Fsp3) is 0. The summed E-state index contributed by atoms with van der Waals surface area (Å²) in [6, 6.07) is 5.70. The van der Waals surface area contributed by atoms with Gasteiger partial charge in [0.2, 0.25) is 0 Å². The molecule has 0 atom stereocenters. The molecular weight excluding hydrogens is 243 g/mol. The monoisotopic (exact) mass is 252 g/mol. The molecule has 1 aromatic heterocycles. The zero-order chi connectivity index (χ0) is 12.4. The van der Waals surface area contributed by atoms with Gasteiger partial charge >= 0.3 is 0 Å². The van der Waals surface area contributed by atoms with Crippen molar-refractivity contribution in [2.45, 2.75) is 0 Å². The number of nitrogens with one attached hydrogen (secondary N) is 1. The lowest BCUT2D eigenvalue weighted by Crippen LogP contribution is -2.30. The number of hydrazine groups is 1. The normalized spacial score (nSPS) is 10.2. The van der Waals surface area contributed by atoms with Crippen LogP contribution in [-0.4, -0.2) is 10.9 Å². The Kier molecular flexibility index (Phi) is 3.03. The van der Waals surface area contributed by atoms with Crippen molar-refractivity contribution < 1.29 is 9.18 Å². The molecule has 0 bridgehead atoms. The van der Waals surface area contributed by atoms with Crippen LogP contribution in [0.25, 0.3) is 10.4 Å². The Morgan fingerprint density at radius 1 is 1.35 bits per heavy atom. The molecule has 0 saturated carbocycles. The quantitative estimate of drug-likeness (QED) is 0.424. The molecule has 0 aliphatic heterocycles. The number of carbonyl (C=O) groups excluding carboxylic acids is 1. The summed E-state index contributed by atoms with van der Waals surface area (Å²) in [4.78, 5) is 15.9. The lowest BCUT2D eigenvalue weighted by Gasteiger charge is -2.00. The van der Waals surface area contributed by atoms with Crippen LogP contribution in [0, 0.1) is 5.82 Å². The maximum atomic E-state index is 12.8. The number of thiazole rings is 1. The summed E-state index contributed by atoms with van der Waals surface area (Å²) in [5, 5.41) is 0.253. The highest BCUT2D eigenvalue weighted by Gasteiger charge is 2.17. The molecule has 88 valence electrons. The van der Waals surface area contributed by atoms with Gasteiger partial charge in [-0.1, -0.05) is 23.5 Å². The van der Waals surface area contributed by atoms with E-state index < -0.39 is 5.91 Å². The summed E-state index contributed by atoms with van der Waals surface area (Å²) in [6.45, 7) is 0. The number of hydrogen-bond acceptors (Lipinski definition) is 5. The molecule has 5 N–H and O–H groups in total. The Morgan fingerprint density at radius 2 is 2.00 bits per heavy atom. The zero-order valence-corrected chi connectivity index (χ0v) is 9.42. The van der Waals surface area contributed by atoms with E-state index in [1.165, 1.54) is 12.1 Å². The summed E-state index contributed by atoms with van der Waals surface area (Å²) in [5.74, 6) is 4.17. The smallest absolute Gasteiger partial charge is 0.285 e. The van der Waals surface area contributed by atoms with Gasteiger partial charge in [0.05, 0.1) is 4.88 Å². The van der Waals surface area contributed by atoms with Crippen LogP contribution in [0.5, 0.6) is 0 Å². The number of nitrogens with zero attached hydrogens (tertiary/aromatic N) is 1. The predicted molar refractivity (Wildman–Crippen MR) is 63.6 cm³/mol. The van der Waals surface area contributed by atoms with E-state index in [0.717, 1.165) is 11.3 Å². The molecular formula is C10H9FN4OS. The van der Waals surface area contributed by atoms with E-state index >= 15 is 0 Å². The largest absolute Gasteiger partial charge is 0.375 e. The number of benzene rings is 1. The van der Waals surface area contributed by atoms with Crippen molar-refractivity contribution in [1.82, 2.24) is 10.4 Å². The van der Waals surface area contributed by atoms with Gasteiger partial charge < -0.3 is 5.73 Å². The minimum Gasteiger partial charge on any atom is -0.375 e. The molecule has 0 fully saturated rings. The molecule has 1 aromatic carbocycles. The first-order valence-corrected chi connectivity index (χ1v) is 5.46. The number of nitrogens with two attached hydrogens (primary N) is 2. The topological polar surface area (TPSA) is 94.0 Å². The van der Waals surface area contributed by atoms with Crippen LogP contribution >= 0.6 is 11.3 Å². The Hall–Kier alpha value is -1.99. The number of hydrogen-bond donors (Lipinski definition) is 3. The van der Waals surface area contributed by atoms with Crippen LogP contribution in [0.4, 0.5) is 9.52 Å². The van der Waals surface area contributed by atoms with E-state index in [2.05, 4.69) is 4.98 Å². The lowest BCUT2D eigenvalue weighted by atomic mass is 10.1. The molecule has 2 aromatic rings. The van der Waals surface area contributed by atoms with E-state index in [0.29, 0.717) is 10.4 Å². The van der Waals surface area contributed by atoms with Crippen molar-refractivity contribution in [3.05, 3.63) is 35.8 Å². The number of nitrogen functional groups attached to an aromatic ring is 2. The van der Waals surface area contributed by atoms with Gasteiger partial charge in [0.15, 0.2) is 10.8 Å². The molecule has 0 radical (unpaired) electrons. The molecule has 5 nitrogen and oxygen atoms in total. The maximum Gasteiger partial charge on any atom is 0.285 e. The summed E-state index contributed by atoms with van der Waals surface area (Å²) in [7, 11) is 0. The average Bonchev–Trinajstić information content (AvgIpc) is 2.71. The second-order valence-electron chi connectivity index (χ2n) is 3.21. The van der Waals surface area contributed by atoms with Gasteiger partial charge in [0.25, 0.3) is 5.91 Å². The maximum absolute atomic E-state index is 12.8. The van der Waals surface area contributed by atoms with Gasteiger partial charge in [0, 0.05) is 0 Å². The standard InChI is InChI=1S/C10H9FN4OS/c11-6-3-1-5(2-4-6)8-7(9(16)15-13)14-10(12)17-8/h1-4H,13H2,(H2,12,14)(H,15,16). The Morgan fingerprint density at radius 3 is 2.59 bits per heavy atom. The van der Waals surface area contributed by atoms with Crippen LogP contribution in [0.1, 0.15) is 10.5 Å². The molecule has 7 heteroatoms. The molecule has 1 amide bonds. The van der Waals surface area contributed by atoms with E-state index in [1.54, 1.807) is 12.1 Å². The molecule has 2 rings (SSSR count). The zero-order valence-electron chi connectivity index (χ0n) is 8.61. The first kappa shape index (κ1) is 11.5. The highest BCUT2D eigenvalue weighted by molar-refractivity contribution is 7.19. The third-order valence-electron chi connectivity index (χ3n) is 2.10. The second kappa shape index (κ2) is 4.48. The molecule has 0 unspecified atom stereocenters. The number of carbonyl (C=O) groups is 1. The molecule has 0 spiro atoms. The Labute approximate surface area is 100 Å². The third kappa shape index (κ3) is 2.24. The Bertz CT molecular complexity index is 552. The number of halogens is 1. The third-order valence-corrected chi connectivity index (χ3v) is 3.03. The summed E-state index contributed by atoms with van der Waals surface area (Å²) >= 11 is 1.14. The number of amides is 1. The second-order valence-corrected chi connectivity index (χ2v) is 4.24. The Balaban J connectivity index is 2.51. The minimum atomic E-state index is -0.530. The minimum absolute atomic E-state index is 0.140. The van der Waals surface area contributed by atoms with Crippen LogP contribution in [0.15, 0.2) is 24.3 Å². The van der Waals surface area contributed by atoms with E-state index in [-0.39, 0.29) is 16.6 Å². The number of aromatic nitrogens is 1. The van der Waals surface area contributed by atoms with Crippen LogP contribution in [0.3, 0.4) is 0 Å². The van der Waals surface area contributed by atoms with Crippen LogP contribution in [-0.2, 0) is 0 Å². The van der Waals surface area contributed by atoms with Gasteiger partial charge in [0.1, 0.15) is 5.82 Å². The van der Waals surface area contributed by atoms with Gasteiger partial charge in [-0.05, 0) is 17.7 Å². The van der Waals surface area contributed by atoms with Crippen LogP contribution in [0.2, 0.25) is 0 Å². The SMILES string of the molecule is NNC(=O)c1nc(N)sc1-c1ccc(F)cc1. The van der Waals surface area contributed by atoms with Gasteiger partial charge in [-0.15, -0.1) is 0 Å². The van der Waals surface area contributed by atoms with Crippen molar-refractivity contribution in [1.29, 1.82) is 0 Å². The van der Waals surface area contributed by atoms with Gasteiger partial charge in [-0.3, -0.25) is 10.2 Å². The highest BCUT2D eigenvalue weighted by atomic mass is 32.1. The fourth-order valence-electron chi connectivity index (χ4n) is 1.36. The van der Waals surface area contributed by atoms with Gasteiger partial charge in [-0.25, -0.2) is 15.2 Å². The fourth-order valence-corrected chi connectivity index (χ4v) is 2.19. The van der Waals surface area contributed by atoms with Crippen molar-refractivity contribution in [3.8, 4) is 10.4 Å².